The molecule has 4 nitrogen and oxygen atoms in total. The molecule has 2 N–H and O–H groups in total. The molecule has 1 aromatic heterocycles. The van der Waals surface area contributed by atoms with Crippen LogP contribution in [0.3, 0.4) is 0 Å². The van der Waals surface area contributed by atoms with Crippen LogP contribution in [0.2, 0.25) is 0 Å². The second kappa shape index (κ2) is 5.45. The van der Waals surface area contributed by atoms with Crippen LogP contribution in [0.5, 0.6) is 0 Å². The summed E-state index contributed by atoms with van der Waals surface area (Å²) in [5.74, 6) is 0.807. The van der Waals surface area contributed by atoms with Crippen molar-refractivity contribution in [1.29, 1.82) is 0 Å². The van der Waals surface area contributed by atoms with Gasteiger partial charge in [0.05, 0.1) is 11.1 Å². The van der Waals surface area contributed by atoms with Crippen molar-refractivity contribution in [3.63, 3.8) is 0 Å². The molecule has 1 aromatic carbocycles. The summed E-state index contributed by atoms with van der Waals surface area (Å²) >= 11 is 0. The number of hydrogen-bond donors (Lipinski definition) is 2. The van der Waals surface area contributed by atoms with Gasteiger partial charge in [0, 0.05) is 18.7 Å². The van der Waals surface area contributed by atoms with Gasteiger partial charge in [-0.25, -0.2) is 4.98 Å². The zero-order valence-electron chi connectivity index (χ0n) is 12.5. The third-order valence-electron chi connectivity index (χ3n) is 4.02. The zero-order valence-corrected chi connectivity index (χ0v) is 12.5. The molecule has 0 bridgehead atoms. The molecule has 0 atom stereocenters. The van der Waals surface area contributed by atoms with Gasteiger partial charge in [-0.15, -0.1) is 0 Å². The first-order valence-electron chi connectivity index (χ1n) is 7.50. The molecule has 2 aromatic rings. The molecule has 110 valence electrons. The van der Waals surface area contributed by atoms with Crippen LogP contribution in [0.25, 0.3) is 0 Å². The third kappa shape index (κ3) is 2.90. The topological polar surface area (TPSA) is 57.8 Å². The van der Waals surface area contributed by atoms with Crippen molar-refractivity contribution in [2.45, 2.75) is 44.7 Å². The van der Waals surface area contributed by atoms with Crippen molar-refractivity contribution < 1.29 is 0 Å². The van der Waals surface area contributed by atoms with Gasteiger partial charge in [-0.1, -0.05) is 44.2 Å². The van der Waals surface area contributed by atoms with Crippen LogP contribution < -0.4 is 10.9 Å². The highest BCUT2D eigenvalue weighted by atomic mass is 16.1. The van der Waals surface area contributed by atoms with E-state index in [2.05, 4.69) is 36.3 Å². The molecule has 3 rings (SSSR count). The van der Waals surface area contributed by atoms with Gasteiger partial charge < -0.3 is 10.3 Å². The van der Waals surface area contributed by atoms with Crippen molar-refractivity contribution in [1.82, 2.24) is 15.3 Å². The lowest BCUT2D eigenvalue weighted by molar-refractivity contribution is 0.575. The minimum atomic E-state index is -0.0890. The molecule has 1 saturated carbocycles. The van der Waals surface area contributed by atoms with Gasteiger partial charge in [0.1, 0.15) is 5.82 Å². The minimum Gasteiger partial charge on any atom is -0.310 e. The Morgan fingerprint density at radius 1 is 1.29 bits per heavy atom. The lowest BCUT2D eigenvalue weighted by Crippen LogP contribution is -2.26. The maximum Gasteiger partial charge on any atom is 0.251 e. The first-order valence-corrected chi connectivity index (χ1v) is 7.50. The summed E-state index contributed by atoms with van der Waals surface area (Å²) in [7, 11) is 0. The van der Waals surface area contributed by atoms with Crippen LogP contribution in [0.4, 0.5) is 0 Å². The van der Waals surface area contributed by atoms with E-state index in [4.69, 9.17) is 4.98 Å². The molecule has 1 aliphatic carbocycles. The van der Waals surface area contributed by atoms with Gasteiger partial charge in [0.25, 0.3) is 5.56 Å². The molecule has 0 amide bonds. The monoisotopic (exact) mass is 283 g/mol. The van der Waals surface area contributed by atoms with E-state index in [1.165, 1.54) is 5.56 Å². The van der Waals surface area contributed by atoms with E-state index in [0.717, 1.165) is 24.4 Å². The summed E-state index contributed by atoms with van der Waals surface area (Å²) in [5, 5.41) is 3.31. The number of nitrogens with one attached hydrogen (secondary N) is 2. The Kier molecular flexibility index (Phi) is 3.64. The van der Waals surface area contributed by atoms with E-state index in [1.54, 1.807) is 6.07 Å². The highest BCUT2D eigenvalue weighted by Crippen LogP contribution is 2.51. The van der Waals surface area contributed by atoms with E-state index in [0.29, 0.717) is 12.6 Å². The SMILES string of the molecule is CC(C)NCc1cc(=O)[nH]c(C2(c3ccccc3)CC2)n1. The fourth-order valence-corrected chi connectivity index (χ4v) is 2.68. The Hall–Kier alpha value is -1.94. The highest BCUT2D eigenvalue weighted by molar-refractivity contribution is 5.39. The molecule has 0 saturated heterocycles. The Morgan fingerprint density at radius 3 is 2.62 bits per heavy atom. The largest absolute Gasteiger partial charge is 0.310 e. The van der Waals surface area contributed by atoms with Gasteiger partial charge in [-0.2, -0.15) is 0 Å². The van der Waals surface area contributed by atoms with Crippen molar-refractivity contribution in [3.8, 4) is 0 Å². The molecule has 21 heavy (non-hydrogen) atoms. The second-order valence-electron chi connectivity index (χ2n) is 6.07. The number of nitrogens with zero attached hydrogens (tertiary/aromatic N) is 1. The molecule has 0 unspecified atom stereocenters. The first-order chi connectivity index (χ1) is 10.1. The summed E-state index contributed by atoms with van der Waals surface area (Å²) in [6.07, 6.45) is 2.09. The lowest BCUT2D eigenvalue weighted by Gasteiger charge is -2.16. The van der Waals surface area contributed by atoms with Crippen LogP contribution in [-0.2, 0) is 12.0 Å². The van der Waals surface area contributed by atoms with Crippen LogP contribution >= 0.6 is 0 Å². The number of aromatic nitrogens is 2. The maximum absolute atomic E-state index is 11.9. The zero-order chi connectivity index (χ0) is 14.9. The number of aromatic amines is 1. The van der Waals surface area contributed by atoms with Crippen LogP contribution in [0.15, 0.2) is 41.2 Å². The average Bonchev–Trinajstić information content (AvgIpc) is 3.27. The van der Waals surface area contributed by atoms with E-state index < -0.39 is 0 Å². The van der Waals surface area contributed by atoms with Crippen molar-refractivity contribution >= 4 is 0 Å². The molecule has 1 fully saturated rings. The van der Waals surface area contributed by atoms with Crippen molar-refractivity contribution in [3.05, 3.63) is 63.8 Å². The number of hydrogen-bond acceptors (Lipinski definition) is 3. The molecular formula is C17H21N3O. The van der Waals surface area contributed by atoms with E-state index in [9.17, 15) is 4.79 Å². The summed E-state index contributed by atoms with van der Waals surface area (Å²) in [6.45, 7) is 4.79. The van der Waals surface area contributed by atoms with Crippen LogP contribution in [0, 0.1) is 0 Å². The average molecular weight is 283 g/mol. The van der Waals surface area contributed by atoms with Crippen molar-refractivity contribution in [2.75, 3.05) is 0 Å². The van der Waals surface area contributed by atoms with E-state index in [1.807, 2.05) is 18.2 Å². The number of rotatable bonds is 5. The Morgan fingerprint density at radius 2 is 2.00 bits per heavy atom. The second-order valence-corrected chi connectivity index (χ2v) is 6.07. The predicted octanol–water partition coefficient (Wildman–Crippen LogP) is 2.35. The smallest absolute Gasteiger partial charge is 0.251 e. The lowest BCUT2D eigenvalue weighted by atomic mass is 9.95. The van der Waals surface area contributed by atoms with Gasteiger partial charge in [-0.3, -0.25) is 4.79 Å². The summed E-state index contributed by atoms with van der Waals surface area (Å²) in [5.41, 5.74) is 1.89. The molecule has 1 aliphatic rings. The Labute approximate surface area is 124 Å². The normalized spacial score (nSPS) is 16.1. The summed E-state index contributed by atoms with van der Waals surface area (Å²) in [4.78, 5) is 19.6. The summed E-state index contributed by atoms with van der Waals surface area (Å²) in [6, 6.07) is 12.3. The Balaban J connectivity index is 1.94. The highest BCUT2D eigenvalue weighted by Gasteiger charge is 2.48. The fraction of sp³-hybridized carbons (Fsp3) is 0.412. The van der Waals surface area contributed by atoms with Gasteiger partial charge >= 0.3 is 0 Å². The standard InChI is InChI=1S/C17H21N3O/c1-12(2)18-11-14-10-15(21)20-16(19-14)17(8-9-17)13-6-4-3-5-7-13/h3-7,10,12,18H,8-9,11H2,1-2H3,(H,19,20,21). The number of benzene rings is 1. The molecule has 0 aliphatic heterocycles. The summed E-state index contributed by atoms with van der Waals surface area (Å²) < 4.78 is 0. The van der Waals surface area contributed by atoms with Gasteiger partial charge in [0.15, 0.2) is 0 Å². The molecule has 4 heteroatoms. The first kappa shape index (κ1) is 14.0. The minimum absolute atomic E-state index is 0.0669. The molecule has 0 spiro atoms. The fourth-order valence-electron chi connectivity index (χ4n) is 2.68. The number of H-pyrrole nitrogens is 1. The maximum atomic E-state index is 11.9. The van der Waals surface area contributed by atoms with E-state index in [-0.39, 0.29) is 11.0 Å². The molecule has 1 heterocycles. The van der Waals surface area contributed by atoms with Crippen LogP contribution in [-0.4, -0.2) is 16.0 Å². The predicted molar refractivity (Wildman–Crippen MR) is 83.3 cm³/mol. The van der Waals surface area contributed by atoms with Gasteiger partial charge in [0.2, 0.25) is 0 Å². The van der Waals surface area contributed by atoms with Crippen molar-refractivity contribution in [2.24, 2.45) is 0 Å². The molecular weight excluding hydrogens is 262 g/mol. The third-order valence-corrected chi connectivity index (χ3v) is 4.02. The van der Waals surface area contributed by atoms with Gasteiger partial charge in [-0.05, 0) is 18.4 Å². The molecule has 0 radical (unpaired) electrons. The van der Waals surface area contributed by atoms with E-state index >= 15 is 0 Å². The quantitative estimate of drug-likeness (QED) is 0.885. The van der Waals surface area contributed by atoms with Crippen LogP contribution in [0.1, 0.15) is 43.8 Å². The Bertz CT molecular complexity index is 672.